The molecule has 0 aromatic carbocycles. The third kappa shape index (κ3) is 6.22. The average molecular weight is 216 g/mol. The Hall–Kier alpha value is -0.910. The van der Waals surface area contributed by atoms with Crippen LogP contribution in [0.1, 0.15) is 12.8 Å². The fourth-order valence-corrected chi connectivity index (χ4v) is 1.15. The molecule has 0 aliphatic carbocycles. The average Bonchev–Trinajstić information content (AvgIpc) is 2.18. The van der Waals surface area contributed by atoms with E-state index in [2.05, 4.69) is 11.9 Å². The molecule has 0 saturated carbocycles. The standard InChI is InChI=1S/C10H20N2O3/c1-3-4-9(11)10(14)12-8(5-6-13)7-15-2/h3,8-9,13H,1,4-7,11H2,2H3,(H,12,14). The number of aliphatic hydroxyl groups excluding tert-OH is 1. The van der Waals surface area contributed by atoms with Crippen LogP contribution < -0.4 is 11.1 Å². The van der Waals surface area contributed by atoms with E-state index in [1.165, 1.54) is 0 Å². The molecule has 0 aliphatic rings. The first kappa shape index (κ1) is 14.1. The van der Waals surface area contributed by atoms with Crippen LogP contribution in [0.15, 0.2) is 12.7 Å². The molecule has 0 bridgehead atoms. The second-order valence-electron chi connectivity index (χ2n) is 3.30. The van der Waals surface area contributed by atoms with Gasteiger partial charge in [0, 0.05) is 13.7 Å². The van der Waals surface area contributed by atoms with Crippen molar-refractivity contribution in [2.45, 2.75) is 24.9 Å². The van der Waals surface area contributed by atoms with Gasteiger partial charge in [-0.2, -0.15) is 0 Å². The highest BCUT2D eigenvalue weighted by Crippen LogP contribution is 1.95. The number of rotatable bonds is 8. The SMILES string of the molecule is C=CCC(N)C(=O)NC(CCO)COC. The molecule has 0 saturated heterocycles. The molecule has 5 nitrogen and oxygen atoms in total. The maximum absolute atomic E-state index is 11.5. The van der Waals surface area contributed by atoms with Gasteiger partial charge in [-0.25, -0.2) is 0 Å². The molecule has 1 amide bonds. The first-order valence-corrected chi connectivity index (χ1v) is 4.92. The lowest BCUT2D eigenvalue weighted by Gasteiger charge is -2.19. The topological polar surface area (TPSA) is 84.6 Å². The van der Waals surface area contributed by atoms with E-state index in [1.54, 1.807) is 13.2 Å². The van der Waals surface area contributed by atoms with Gasteiger partial charge in [-0.1, -0.05) is 6.08 Å². The van der Waals surface area contributed by atoms with Crippen LogP contribution in [0.25, 0.3) is 0 Å². The molecule has 0 aliphatic heterocycles. The molecule has 0 heterocycles. The van der Waals surface area contributed by atoms with Crippen molar-refractivity contribution in [3.8, 4) is 0 Å². The zero-order valence-corrected chi connectivity index (χ0v) is 9.11. The van der Waals surface area contributed by atoms with Crippen LogP contribution in [-0.4, -0.2) is 43.4 Å². The highest BCUT2D eigenvalue weighted by molar-refractivity contribution is 5.81. The number of carbonyl (C=O) groups is 1. The fourth-order valence-electron chi connectivity index (χ4n) is 1.15. The molecule has 0 aromatic rings. The summed E-state index contributed by atoms with van der Waals surface area (Å²) >= 11 is 0. The largest absolute Gasteiger partial charge is 0.396 e. The van der Waals surface area contributed by atoms with Gasteiger partial charge in [-0.05, 0) is 12.8 Å². The Bertz CT molecular complexity index is 191. The van der Waals surface area contributed by atoms with Gasteiger partial charge in [0.2, 0.25) is 5.91 Å². The predicted octanol–water partition coefficient (Wildman–Crippen LogP) is -0.597. The minimum atomic E-state index is -0.583. The van der Waals surface area contributed by atoms with Crippen LogP contribution in [-0.2, 0) is 9.53 Å². The number of amides is 1. The van der Waals surface area contributed by atoms with Gasteiger partial charge < -0.3 is 20.9 Å². The summed E-state index contributed by atoms with van der Waals surface area (Å²) in [6.45, 7) is 3.88. The number of nitrogens with two attached hydrogens (primary N) is 1. The number of carbonyl (C=O) groups excluding carboxylic acids is 1. The van der Waals surface area contributed by atoms with E-state index in [-0.39, 0.29) is 18.6 Å². The minimum Gasteiger partial charge on any atom is -0.396 e. The second kappa shape index (κ2) is 8.40. The van der Waals surface area contributed by atoms with Crippen LogP contribution in [0.3, 0.4) is 0 Å². The summed E-state index contributed by atoms with van der Waals surface area (Å²) in [6.07, 6.45) is 2.49. The lowest BCUT2D eigenvalue weighted by Crippen LogP contribution is -2.47. The van der Waals surface area contributed by atoms with Crippen molar-refractivity contribution in [1.82, 2.24) is 5.32 Å². The van der Waals surface area contributed by atoms with E-state index in [4.69, 9.17) is 15.6 Å². The summed E-state index contributed by atoms with van der Waals surface area (Å²) in [7, 11) is 1.54. The number of aliphatic hydroxyl groups is 1. The fraction of sp³-hybridized carbons (Fsp3) is 0.700. The van der Waals surface area contributed by atoms with Crippen molar-refractivity contribution in [2.24, 2.45) is 5.73 Å². The van der Waals surface area contributed by atoms with Crippen LogP contribution in [0.4, 0.5) is 0 Å². The van der Waals surface area contributed by atoms with E-state index in [1.807, 2.05) is 0 Å². The van der Waals surface area contributed by atoms with Crippen molar-refractivity contribution in [2.75, 3.05) is 20.3 Å². The zero-order valence-electron chi connectivity index (χ0n) is 9.11. The molecule has 2 unspecified atom stereocenters. The van der Waals surface area contributed by atoms with Crippen LogP contribution >= 0.6 is 0 Å². The third-order valence-electron chi connectivity index (χ3n) is 1.95. The van der Waals surface area contributed by atoms with Gasteiger partial charge in [0.1, 0.15) is 0 Å². The predicted molar refractivity (Wildman–Crippen MR) is 58.3 cm³/mol. The lowest BCUT2D eigenvalue weighted by atomic mass is 10.1. The van der Waals surface area contributed by atoms with Crippen LogP contribution in [0, 0.1) is 0 Å². The highest BCUT2D eigenvalue weighted by atomic mass is 16.5. The summed E-state index contributed by atoms with van der Waals surface area (Å²) in [5, 5.41) is 11.5. The van der Waals surface area contributed by atoms with E-state index in [0.717, 1.165) is 0 Å². The Morgan fingerprint density at radius 1 is 1.73 bits per heavy atom. The van der Waals surface area contributed by atoms with Gasteiger partial charge >= 0.3 is 0 Å². The van der Waals surface area contributed by atoms with Gasteiger partial charge in [0.25, 0.3) is 0 Å². The molecule has 0 rings (SSSR count). The van der Waals surface area contributed by atoms with E-state index < -0.39 is 6.04 Å². The van der Waals surface area contributed by atoms with Crippen LogP contribution in [0.2, 0.25) is 0 Å². The summed E-state index contributed by atoms with van der Waals surface area (Å²) in [5.74, 6) is -0.245. The highest BCUT2D eigenvalue weighted by Gasteiger charge is 2.16. The first-order valence-electron chi connectivity index (χ1n) is 4.92. The number of hydrogen-bond acceptors (Lipinski definition) is 4. The molecular weight excluding hydrogens is 196 g/mol. The van der Waals surface area contributed by atoms with Crippen molar-refractivity contribution in [1.29, 1.82) is 0 Å². The van der Waals surface area contributed by atoms with Crippen molar-refractivity contribution in [3.05, 3.63) is 12.7 Å². The zero-order chi connectivity index (χ0) is 11.7. The number of methoxy groups -OCH3 is 1. The van der Waals surface area contributed by atoms with Gasteiger partial charge in [0.15, 0.2) is 0 Å². The third-order valence-corrected chi connectivity index (χ3v) is 1.95. The Labute approximate surface area is 90.3 Å². The quantitative estimate of drug-likeness (QED) is 0.473. The number of nitrogens with one attached hydrogen (secondary N) is 1. The molecule has 0 radical (unpaired) electrons. The maximum atomic E-state index is 11.5. The Balaban J connectivity index is 4.02. The molecule has 4 N–H and O–H groups in total. The van der Waals surface area contributed by atoms with Gasteiger partial charge in [-0.3, -0.25) is 4.79 Å². The summed E-state index contributed by atoms with van der Waals surface area (Å²) in [5.41, 5.74) is 5.58. The van der Waals surface area contributed by atoms with Crippen molar-refractivity contribution < 1.29 is 14.6 Å². The molecule has 15 heavy (non-hydrogen) atoms. The number of ether oxygens (including phenoxy) is 1. The van der Waals surface area contributed by atoms with Crippen LogP contribution in [0.5, 0.6) is 0 Å². The Morgan fingerprint density at radius 2 is 2.40 bits per heavy atom. The molecule has 0 fully saturated rings. The molecule has 0 aromatic heterocycles. The molecular formula is C10H20N2O3. The molecule has 2 atom stereocenters. The van der Waals surface area contributed by atoms with E-state index in [0.29, 0.717) is 19.4 Å². The summed E-state index contributed by atoms with van der Waals surface area (Å²) in [4.78, 5) is 11.5. The smallest absolute Gasteiger partial charge is 0.237 e. The molecule has 0 spiro atoms. The normalized spacial score (nSPS) is 14.3. The van der Waals surface area contributed by atoms with E-state index in [9.17, 15) is 4.79 Å². The first-order chi connectivity index (χ1) is 7.15. The Morgan fingerprint density at radius 3 is 2.87 bits per heavy atom. The van der Waals surface area contributed by atoms with Crippen molar-refractivity contribution in [3.63, 3.8) is 0 Å². The second-order valence-corrected chi connectivity index (χ2v) is 3.30. The summed E-state index contributed by atoms with van der Waals surface area (Å²) < 4.78 is 4.91. The molecule has 88 valence electrons. The lowest BCUT2D eigenvalue weighted by molar-refractivity contribution is -0.123. The maximum Gasteiger partial charge on any atom is 0.237 e. The Kier molecular flexibility index (Phi) is 7.89. The van der Waals surface area contributed by atoms with Gasteiger partial charge in [0.05, 0.1) is 18.7 Å². The number of hydrogen-bond donors (Lipinski definition) is 3. The van der Waals surface area contributed by atoms with Crippen molar-refractivity contribution >= 4 is 5.91 Å². The van der Waals surface area contributed by atoms with E-state index >= 15 is 0 Å². The minimum absolute atomic E-state index is 0.00496. The molecule has 5 heteroatoms. The summed E-state index contributed by atoms with van der Waals surface area (Å²) in [6, 6.07) is -0.774. The monoisotopic (exact) mass is 216 g/mol. The van der Waals surface area contributed by atoms with Gasteiger partial charge in [-0.15, -0.1) is 6.58 Å².